The van der Waals surface area contributed by atoms with Gasteiger partial charge in [-0.05, 0) is 43.2 Å². The summed E-state index contributed by atoms with van der Waals surface area (Å²) in [5.74, 6) is 0. The smallest absolute Gasteiger partial charge is 0.282 e. The summed E-state index contributed by atoms with van der Waals surface area (Å²) in [7, 11) is -4.02. The highest BCUT2D eigenvalue weighted by Crippen LogP contribution is 2.09. The van der Waals surface area contributed by atoms with Gasteiger partial charge in [-0.25, -0.2) is 0 Å². The Morgan fingerprint density at radius 3 is 1.90 bits per heavy atom. The first kappa shape index (κ1) is 16.7. The fourth-order valence-corrected chi connectivity index (χ4v) is 2.04. The third-order valence-electron chi connectivity index (χ3n) is 2.64. The van der Waals surface area contributed by atoms with E-state index in [1.807, 2.05) is 31.2 Å². The summed E-state index contributed by atoms with van der Waals surface area (Å²) in [5.41, 5.74) is 2.29. The van der Waals surface area contributed by atoms with Crippen LogP contribution >= 0.6 is 11.6 Å². The van der Waals surface area contributed by atoms with Crippen LogP contribution in [0.5, 0.6) is 0 Å². The molecule has 0 aromatic heterocycles. The molecule has 0 heterocycles. The number of rotatable bonds is 2. The zero-order valence-corrected chi connectivity index (χ0v) is 12.9. The quantitative estimate of drug-likeness (QED) is 0.848. The summed E-state index contributed by atoms with van der Waals surface area (Å²) in [6.07, 6.45) is 1.08. The van der Waals surface area contributed by atoms with Gasteiger partial charge in [-0.2, -0.15) is 8.42 Å². The Hall–Kier alpha value is -1.36. The molecule has 0 spiro atoms. The highest BCUT2D eigenvalue weighted by Gasteiger charge is 2.06. The maximum Gasteiger partial charge on any atom is 0.294 e. The second-order valence-electron chi connectivity index (χ2n) is 4.27. The molecular weight excluding hydrogens is 296 g/mol. The average Bonchev–Trinajstić information content (AvgIpc) is 2.40. The van der Waals surface area contributed by atoms with Crippen LogP contribution in [0.1, 0.15) is 18.1 Å². The van der Waals surface area contributed by atoms with Crippen molar-refractivity contribution in [3.05, 3.63) is 64.7 Å². The number of benzene rings is 2. The molecule has 2 aromatic rings. The molecule has 0 saturated carbocycles. The Kier molecular flexibility index (Phi) is 6.20. The highest BCUT2D eigenvalue weighted by molar-refractivity contribution is 7.85. The first-order valence-electron chi connectivity index (χ1n) is 6.11. The minimum atomic E-state index is -4.02. The van der Waals surface area contributed by atoms with Gasteiger partial charge in [0, 0.05) is 5.02 Å². The van der Waals surface area contributed by atoms with Crippen molar-refractivity contribution < 1.29 is 13.0 Å². The van der Waals surface area contributed by atoms with Gasteiger partial charge in [0.15, 0.2) is 0 Å². The van der Waals surface area contributed by atoms with E-state index in [0.29, 0.717) is 0 Å². The number of hydrogen-bond donors (Lipinski definition) is 1. The van der Waals surface area contributed by atoms with E-state index in [0.717, 1.165) is 17.0 Å². The van der Waals surface area contributed by atoms with Gasteiger partial charge >= 0.3 is 0 Å². The molecule has 0 aliphatic heterocycles. The van der Waals surface area contributed by atoms with Crippen molar-refractivity contribution in [3.8, 4) is 0 Å². The van der Waals surface area contributed by atoms with Crippen LogP contribution in [0.15, 0.2) is 53.4 Å². The molecule has 108 valence electrons. The lowest BCUT2D eigenvalue weighted by Crippen LogP contribution is -1.96. The topological polar surface area (TPSA) is 54.4 Å². The summed E-state index contributed by atoms with van der Waals surface area (Å²) in [4.78, 5) is -0.0666. The molecule has 0 bridgehead atoms. The molecule has 20 heavy (non-hydrogen) atoms. The van der Waals surface area contributed by atoms with E-state index in [2.05, 4.69) is 6.92 Å². The molecule has 0 saturated heterocycles. The van der Waals surface area contributed by atoms with Crippen LogP contribution in [0.4, 0.5) is 0 Å². The first-order chi connectivity index (χ1) is 9.32. The van der Waals surface area contributed by atoms with Gasteiger partial charge in [0.05, 0.1) is 4.90 Å². The summed E-state index contributed by atoms with van der Waals surface area (Å²) in [5, 5.41) is 0.812. The second kappa shape index (κ2) is 7.43. The fraction of sp³-hybridized carbons (Fsp3) is 0.200. The van der Waals surface area contributed by atoms with E-state index in [9.17, 15) is 8.42 Å². The summed E-state index contributed by atoms with van der Waals surface area (Å²) < 4.78 is 29.6. The average molecular weight is 313 g/mol. The van der Waals surface area contributed by atoms with Crippen LogP contribution in [0, 0.1) is 6.92 Å². The molecule has 2 rings (SSSR count). The van der Waals surface area contributed by atoms with Crippen LogP contribution in [-0.2, 0) is 16.5 Å². The molecule has 0 aliphatic rings. The van der Waals surface area contributed by atoms with Crippen molar-refractivity contribution in [2.45, 2.75) is 25.2 Å². The van der Waals surface area contributed by atoms with Gasteiger partial charge in [-0.3, -0.25) is 4.55 Å². The maximum absolute atomic E-state index is 10.5. The largest absolute Gasteiger partial charge is 0.294 e. The van der Waals surface area contributed by atoms with Crippen molar-refractivity contribution in [2.24, 2.45) is 0 Å². The lowest BCUT2D eigenvalue weighted by Gasteiger charge is -1.95. The molecule has 0 unspecified atom stereocenters. The zero-order valence-electron chi connectivity index (χ0n) is 11.4. The van der Waals surface area contributed by atoms with E-state index in [-0.39, 0.29) is 4.90 Å². The predicted molar refractivity (Wildman–Crippen MR) is 81.8 cm³/mol. The molecule has 0 radical (unpaired) electrons. The molecular formula is C15H17ClO3S. The second-order valence-corrected chi connectivity index (χ2v) is 6.13. The molecule has 3 nitrogen and oxygen atoms in total. The first-order valence-corrected chi connectivity index (χ1v) is 7.93. The monoisotopic (exact) mass is 312 g/mol. The van der Waals surface area contributed by atoms with Gasteiger partial charge in [0.25, 0.3) is 10.1 Å². The van der Waals surface area contributed by atoms with Gasteiger partial charge in [-0.1, -0.05) is 48.4 Å². The van der Waals surface area contributed by atoms with Crippen LogP contribution in [0.25, 0.3) is 0 Å². The molecule has 2 aromatic carbocycles. The number of hydrogen-bond acceptors (Lipinski definition) is 2. The SMILES string of the molecule is CCc1ccc(Cl)cc1.Cc1ccc(S(=O)(=O)O)cc1. The van der Waals surface area contributed by atoms with Crippen molar-refractivity contribution in [2.75, 3.05) is 0 Å². The molecule has 0 fully saturated rings. The third-order valence-corrected chi connectivity index (χ3v) is 3.76. The third kappa shape index (κ3) is 5.74. The number of aryl methyl sites for hydroxylation is 2. The molecule has 1 N–H and O–H groups in total. The highest BCUT2D eigenvalue weighted by atomic mass is 35.5. The Morgan fingerprint density at radius 1 is 1.00 bits per heavy atom. The summed E-state index contributed by atoms with van der Waals surface area (Å²) in [6, 6.07) is 13.9. The van der Waals surface area contributed by atoms with Crippen LogP contribution in [0.2, 0.25) is 5.02 Å². The van der Waals surface area contributed by atoms with Crippen LogP contribution in [-0.4, -0.2) is 13.0 Å². The molecule has 0 amide bonds. The molecule has 0 aliphatic carbocycles. The molecule has 5 heteroatoms. The van der Waals surface area contributed by atoms with Crippen molar-refractivity contribution in [1.29, 1.82) is 0 Å². The Balaban J connectivity index is 0.000000204. The van der Waals surface area contributed by atoms with Gasteiger partial charge < -0.3 is 0 Å². The van der Waals surface area contributed by atoms with Gasteiger partial charge in [-0.15, -0.1) is 0 Å². The number of halogens is 1. The zero-order chi connectivity index (χ0) is 15.2. The standard InChI is InChI=1S/C8H9Cl.C7H8O3S/c1-2-7-3-5-8(9)6-4-7;1-6-2-4-7(5-3-6)11(8,9)10/h3-6H,2H2,1H3;2-5H,1H3,(H,8,9,10). The van der Waals surface area contributed by atoms with Crippen molar-refractivity contribution >= 4 is 21.7 Å². The van der Waals surface area contributed by atoms with E-state index < -0.39 is 10.1 Å². The predicted octanol–water partition coefficient (Wildman–Crippen LogP) is 4.14. The normalized spacial score (nSPS) is 10.6. The van der Waals surface area contributed by atoms with E-state index in [4.69, 9.17) is 16.2 Å². The Bertz CT molecular complexity index is 632. The lowest BCUT2D eigenvalue weighted by atomic mass is 10.2. The minimum Gasteiger partial charge on any atom is -0.282 e. The van der Waals surface area contributed by atoms with Crippen molar-refractivity contribution in [1.82, 2.24) is 0 Å². The van der Waals surface area contributed by atoms with Crippen LogP contribution in [0.3, 0.4) is 0 Å². The maximum atomic E-state index is 10.5. The lowest BCUT2D eigenvalue weighted by molar-refractivity contribution is 0.483. The van der Waals surface area contributed by atoms with Crippen LogP contribution < -0.4 is 0 Å². The van der Waals surface area contributed by atoms with Gasteiger partial charge in [0.1, 0.15) is 0 Å². The molecule has 0 atom stereocenters. The fourth-order valence-electron chi connectivity index (χ4n) is 1.43. The van der Waals surface area contributed by atoms with Gasteiger partial charge in [0.2, 0.25) is 0 Å². The van der Waals surface area contributed by atoms with E-state index in [1.165, 1.54) is 17.7 Å². The minimum absolute atomic E-state index is 0.0666. The summed E-state index contributed by atoms with van der Waals surface area (Å²) >= 11 is 5.67. The van der Waals surface area contributed by atoms with E-state index >= 15 is 0 Å². The Morgan fingerprint density at radius 2 is 1.50 bits per heavy atom. The summed E-state index contributed by atoms with van der Waals surface area (Å²) in [6.45, 7) is 3.97. The van der Waals surface area contributed by atoms with Crippen molar-refractivity contribution in [3.63, 3.8) is 0 Å². The Labute approximate surface area is 125 Å². The van der Waals surface area contributed by atoms with E-state index in [1.54, 1.807) is 12.1 Å².